The second-order valence-electron chi connectivity index (χ2n) is 13.4. The smallest absolute Gasteiger partial charge is 0.293 e. The lowest BCUT2D eigenvalue weighted by Gasteiger charge is -2.61. The molecule has 4 rings (SSSR count). The van der Waals surface area contributed by atoms with E-state index in [-0.39, 0.29) is 29.0 Å². The van der Waals surface area contributed by atoms with Crippen LogP contribution in [0.25, 0.3) is 0 Å². The molecule has 1 N–H and O–H groups in total. The van der Waals surface area contributed by atoms with Crippen LogP contribution in [0.5, 0.6) is 0 Å². The van der Waals surface area contributed by atoms with Gasteiger partial charge in [0.2, 0.25) is 0 Å². The van der Waals surface area contributed by atoms with Crippen molar-refractivity contribution in [3.05, 3.63) is 34.9 Å². The van der Waals surface area contributed by atoms with Crippen LogP contribution in [0.15, 0.2) is 34.9 Å². The first-order valence-corrected chi connectivity index (χ1v) is 13.7. The predicted molar refractivity (Wildman–Crippen MR) is 139 cm³/mol. The van der Waals surface area contributed by atoms with Crippen LogP contribution < -0.4 is 0 Å². The number of aliphatic hydroxyl groups is 1. The van der Waals surface area contributed by atoms with E-state index in [1.165, 1.54) is 25.7 Å². The van der Waals surface area contributed by atoms with Gasteiger partial charge in [0, 0.05) is 5.41 Å². The van der Waals surface area contributed by atoms with Crippen LogP contribution in [0.1, 0.15) is 99.8 Å². The first kappa shape index (κ1) is 25.7. The summed E-state index contributed by atoms with van der Waals surface area (Å²) in [5.74, 6) is 1.92. The lowest BCUT2D eigenvalue weighted by atomic mass is 9.44. The van der Waals surface area contributed by atoms with E-state index in [9.17, 15) is 9.90 Å². The van der Waals surface area contributed by atoms with E-state index < -0.39 is 0 Å². The maximum atomic E-state index is 11.2. The number of carbonyl (C=O) groups is 1. The highest BCUT2D eigenvalue weighted by molar-refractivity contribution is 5.50. The molecule has 0 aliphatic heterocycles. The number of aliphatic hydroxyl groups excluding tert-OH is 1. The van der Waals surface area contributed by atoms with Crippen molar-refractivity contribution in [1.82, 2.24) is 0 Å². The summed E-state index contributed by atoms with van der Waals surface area (Å²) in [6, 6.07) is 0. The number of hydrogen-bond donors (Lipinski definition) is 1. The minimum Gasteiger partial charge on any atom is -0.464 e. The van der Waals surface area contributed by atoms with Gasteiger partial charge in [0.05, 0.1) is 6.61 Å². The Bertz CT molecular complexity index is 894. The van der Waals surface area contributed by atoms with Crippen LogP contribution in [-0.2, 0) is 9.53 Å². The highest BCUT2D eigenvalue weighted by Crippen LogP contribution is 2.71. The van der Waals surface area contributed by atoms with Crippen LogP contribution in [0.3, 0.4) is 0 Å². The molecule has 0 aromatic carbocycles. The number of ether oxygens (including phenoxy) is 1. The van der Waals surface area contributed by atoms with Gasteiger partial charge in [-0.1, -0.05) is 65.3 Å². The molecule has 0 aromatic heterocycles. The van der Waals surface area contributed by atoms with Gasteiger partial charge in [-0.2, -0.15) is 0 Å². The van der Waals surface area contributed by atoms with Gasteiger partial charge < -0.3 is 9.84 Å². The quantitative estimate of drug-likeness (QED) is 0.312. The number of rotatable bonds is 7. The molecule has 7 unspecified atom stereocenters. The fourth-order valence-corrected chi connectivity index (χ4v) is 9.10. The van der Waals surface area contributed by atoms with Gasteiger partial charge in [0.1, 0.15) is 6.10 Å². The number of carbonyl (C=O) groups excluding carboxylic acids is 1. The Morgan fingerprint density at radius 2 is 1.88 bits per heavy atom. The minimum absolute atomic E-state index is 0.0169. The Labute approximate surface area is 208 Å². The number of allylic oxidation sites excluding steroid dienone is 5. The molecule has 4 aliphatic carbocycles. The van der Waals surface area contributed by atoms with Crippen LogP contribution in [0.2, 0.25) is 0 Å². The van der Waals surface area contributed by atoms with E-state index in [0.717, 1.165) is 37.2 Å². The van der Waals surface area contributed by atoms with Gasteiger partial charge in [-0.25, -0.2) is 0 Å². The third-order valence-electron chi connectivity index (χ3n) is 11.5. The van der Waals surface area contributed by atoms with Crippen LogP contribution in [0, 0.1) is 39.4 Å². The summed E-state index contributed by atoms with van der Waals surface area (Å²) in [6.07, 6.45) is 16.7. The maximum absolute atomic E-state index is 11.2. The van der Waals surface area contributed by atoms with E-state index in [1.54, 1.807) is 11.1 Å². The van der Waals surface area contributed by atoms with Gasteiger partial charge in [-0.05, 0) is 103 Å². The summed E-state index contributed by atoms with van der Waals surface area (Å²) in [7, 11) is 0. The Balaban J connectivity index is 1.62. The van der Waals surface area contributed by atoms with Crippen LogP contribution in [-0.4, -0.2) is 24.3 Å². The molecule has 0 amide bonds. The summed E-state index contributed by atoms with van der Waals surface area (Å²) in [5, 5.41) is 9.32. The van der Waals surface area contributed by atoms with E-state index in [1.807, 2.05) is 6.92 Å². The van der Waals surface area contributed by atoms with Crippen molar-refractivity contribution < 1.29 is 14.6 Å². The van der Waals surface area contributed by atoms with Gasteiger partial charge in [-0.3, -0.25) is 4.79 Å². The number of hydrogen-bond acceptors (Lipinski definition) is 3. The average Bonchev–Trinajstić information content (AvgIpc) is 3.07. The molecule has 0 bridgehead atoms. The second kappa shape index (κ2) is 8.95. The Hall–Kier alpha value is -1.35. The summed E-state index contributed by atoms with van der Waals surface area (Å²) >= 11 is 0. The fourth-order valence-electron chi connectivity index (χ4n) is 9.10. The third kappa shape index (κ3) is 3.67. The Morgan fingerprint density at radius 1 is 1.15 bits per heavy atom. The molecule has 0 radical (unpaired) electrons. The molecule has 0 saturated heterocycles. The summed E-state index contributed by atoms with van der Waals surface area (Å²) in [6.45, 7) is 17.6. The first-order chi connectivity index (χ1) is 16.0. The van der Waals surface area contributed by atoms with Gasteiger partial charge >= 0.3 is 0 Å². The van der Waals surface area contributed by atoms with E-state index >= 15 is 0 Å². The number of fused-ring (bicyclic) bond motifs is 5. The minimum atomic E-state index is -0.0224. The zero-order chi connectivity index (χ0) is 24.9. The molecule has 0 heterocycles. The van der Waals surface area contributed by atoms with E-state index in [0.29, 0.717) is 23.7 Å². The Kier molecular flexibility index (Phi) is 6.77. The van der Waals surface area contributed by atoms with Crippen molar-refractivity contribution in [3.63, 3.8) is 0 Å². The standard InChI is InChI=1S/C31H48O3/c1-21(19-32)9-8-10-22(2)23-13-17-31(7)25-11-12-26-28(3,4)27(34-20-33)15-16-29(26,5)24(25)14-18-30(23,31)6/h9,11,14,20,22-23,26-27,32H,8,10,12-13,15-19H2,1-7H3. The SMILES string of the molecule is CC(=CCCC(C)C1CCC2(C)C3=CCC4C(C)(CCC(OC=O)C4(C)C)C3=CCC12C)CO. The lowest BCUT2D eigenvalue weighted by molar-refractivity contribution is -0.153. The molecule has 3 heteroatoms. The molecular weight excluding hydrogens is 420 g/mol. The third-order valence-corrected chi connectivity index (χ3v) is 11.5. The molecule has 2 fully saturated rings. The molecule has 0 aromatic rings. The fraction of sp³-hybridized carbons (Fsp3) is 0.774. The normalized spacial score (nSPS) is 42.0. The van der Waals surface area contributed by atoms with Crippen molar-refractivity contribution in [2.75, 3.05) is 6.61 Å². The van der Waals surface area contributed by atoms with Crippen molar-refractivity contribution in [2.24, 2.45) is 39.4 Å². The van der Waals surface area contributed by atoms with Crippen LogP contribution >= 0.6 is 0 Å². The van der Waals surface area contributed by atoms with Crippen molar-refractivity contribution in [3.8, 4) is 0 Å². The summed E-state index contributed by atoms with van der Waals surface area (Å²) < 4.78 is 5.59. The van der Waals surface area contributed by atoms with E-state index in [4.69, 9.17) is 4.74 Å². The zero-order valence-corrected chi connectivity index (χ0v) is 22.7. The summed E-state index contributed by atoms with van der Waals surface area (Å²) in [4.78, 5) is 11.2. The first-order valence-electron chi connectivity index (χ1n) is 13.7. The summed E-state index contributed by atoms with van der Waals surface area (Å²) in [5.41, 5.74) is 5.04. The lowest BCUT2D eigenvalue weighted by Crippen LogP contribution is -2.55. The van der Waals surface area contributed by atoms with Crippen molar-refractivity contribution in [1.29, 1.82) is 0 Å². The van der Waals surface area contributed by atoms with Gasteiger partial charge in [-0.15, -0.1) is 0 Å². The zero-order valence-electron chi connectivity index (χ0n) is 22.7. The monoisotopic (exact) mass is 468 g/mol. The molecule has 190 valence electrons. The largest absolute Gasteiger partial charge is 0.464 e. The van der Waals surface area contributed by atoms with Crippen molar-refractivity contribution in [2.45, 2.75) is 106 Å². The molecule has 0 spiro atoms. The molecule has 3 nitrogen and oxygen atoms in total. The van der Waals surface area contributed by atoms with Gasteiger partial charge in [0.25, 0.3) is 6.47 Å². The highest BCUT2D eigenvalue weighted by Gasteiger charge is 2.63. The topological polar surface area (TPSA) is 46.5 Å². The molecule has 34 heavy (non-hydrogen) atoms. The molecule has 4 aliphatic rings. The molecular formula is C31H48O3. The average molecular weight is 469 g/mol. The predicted octanol–water partition coefficient (Wildman–Crippen LogP) is 7.41. The van der Waals surface area contributed by atoms with E-state index in [2.05, 4.69) is 59.8 Å². The molecule has 7 atom stereocenters. The Morgan fingerprint density at radius 3 is 2.56 bits per heavy atom. The second-order valence-corrected chi connectivity index (χ2v) is 13.4. The van der Waals surface area contributed by atoms with Crippen LogP contribution in [0.4, 0.5) is 0 Å². The highest BCUT2D eigenvalue weighted by atomic mass is 16.5. The maximum Gasteiger partial charge on any atom is 0.293 e. The van der Waals surface area contributed by atoms with Crippen molar-refractivity contribution >= 4 is 6.47 Å². The molecule has 2 saturated carbocycles. The van der Waals surface area contributed by atoms with Gasteiger partial charge in [0.15, 0.2) is 0 Å².